The lowest BCUT2D eigenvalue weighted by molar-refractivity contribution is -0.114. The Morgan fingerprint density at radius 3 is 2.38 bits per heavy atom. The van der Waals surface area contributed by atoms with Gasteiger partial charge in [0.05, 0.1) is 6.54 Å². The number of para-hydroxylation sites is 1. The van der Waals surface area contributed by atoms with Crippen molar-refractivity contribution in [1.29, 1.82) is 0 Å². The van der Waals surface area contributed by atoms with Gasteiger partial charge in [-0.2, -0.15) is 0 Å². The van der Waals surface area contributed by atoms with Crippen molar-refractivity contribution < 1.29 is 9.59 Å². The molecule has 2 rings (SSSR count). The van der Waals surface area contributed by atoms with Crippen molar-refractivity contribution >= 4 is 23.3 Å². The second kappa shape index (κ2) is 8.39. The first-order valence-electron chi connectivity index (χ1n) is 7.51. The number of hydrogen-bond donors (Lipinski definition) is 3. The molecule has 122 valence electrons. The van der Waals surface area contributed by atoms with Crippen molar-refractivity contribution in [3.63, 3.8) is 0 Å². The van der Waals surface area contributed by atoms with E-state index in [0.717, 1.165) is 22.5 Å². The standard InChI is InChI=1S/C19H19N3O2/c1-14-6-3-4-8-18(14)22-19(24)20-13-5-7-16-9-11-17(12-10-16)21-15(2)23/h3-4,6,8-12H,13H2,1-2H3,(H,21,23)(H2,20,22,24). The summed E-state index contributed by atoms with van der Waals surface area (Å²) in [7, 11) is 0. The van der Waals surface area contributed by atoms with Gasteiger partial charge >= 0.3 is 6.03 Å². The Bertz CT molecular complexity index is 786. The van der Waals surface area contributed by atoms with E-state index in [-0.39, 0.29) is 18.5 Å². The molecule has 0 spiro atoms. The van der Waals surface area contributed by atoms with E-state index in [1.807, 2.05) is 43.3 Å². The van der Waals surface area contributed by atoms with Gasteiger partial charge in [0, 0.05) is 23.9 Å². The van der Waals surface area contributed by atoms with Crippen LogP contribution < -0.4 is 16.0 Å². The molecule has 0 fully saturated rings. The molecule has 0 saturated heterocycles. The molecule has 5 nitrogen and oxygen atoms in total. The SMILES string of the molecule is CC(=O)Nc1ccc(C#CCNC(=O)Nc2ccccc2C)cc1. The van der Waals surface area contributed by atoms with Crippen LogP contribution in [0.1, 0.15) is 18.1 Å². The molecule has 0 unspecified atom stereocenters. The summed E-state index contributed by atoms with van der Waals surface area (Å²) in [6, 6.07) is 14.5. The molecule has 0 bridgehead atoms. The van der Waals surface area contributed by atoms with Crippen molar-refractivity contribution in [3.05, 3.63) is 59.7 Å². The van der Waals surface area contributed by atoms with Gasteiger partial charge in [0.15, 0.2) is 0 Å². The molecule has 2 aromatic rings. The minimum atomic E-state index is -0.292. The lowest BCUT2D eigenvalue weighted by atomic mass is 10.2. The Morgan fingerprint density at radius 1 is 1.00 bits per heavy atom. The molecule has 0 saturated carbocycles. The Kier molecular flexibility index (Phi) is 5.98. The highest BCUT2D eigenvalue weighted by atomic mass is 16.2. The van der Waals surface area contributed by atoms with E-state index < -0.39 is 0 Å². The second-order valence-corrected chi connectivity index (χ2v) is 5.18. The number of nitrogens with one attached hydrogen (secondary N) is 3. The first kappa shape index (κ1) is 17.1. The lowest BCUT2D eigenvalue weighted by Gasteiger charge is -2.07. The van der Waals surface area contributed by atoms with Crippen LogP contribution in [0.15, 0.2) is 48.5 Å². The van der Waals surface area contributed by atoms with Crippen LogP contribution in [0.2, 0.25) is 0 Å². The first-order valence-corrected chi connectivity index (χ1v) is 7.51. The molecule has 3 N–H and O–H groups in total. The average Bonchev–Trinajstić information content (AvgIpc) is 2.55. The fraction of sp³-hybridized carbons (Fsp3) is 0.158. The van der Waals surface area contributed by atoms with Crippen LogP contribution in [0.25, 0.3) is 0 Å². The zero-order chi connectivity index (χ0) is 17.4. The summed E-state index contributed by atoms with van der Waals surface area (Å²) in [5.74, 6) is 5.72. The number of amides is 3. The summed E-state index contributed by atoms with van der Waals surface area (Å²) >= 11 is 0. The highest BCUT2D eigenvalue weighted by molar-refractivity contribution is 5.90. The number of aryl methyl sites for hydroxylation is 1. The van der Waals surface area contributed by atoms with Gasteiger partial charge in [-0.3, -0.25) is 4.79 Å². The van der Waals surface area contributed by atoms with Crippen LogP contribution in [-0.4, -0.2) is 18.5 Å². The molecular formula is C19H19N3O2. The summed E-state index contributed by atoms with van der Waals surface area (Å²) < 4.78 is 0. The highest BCUT2D eigenvalue weighted by Crippen LogP contribution is 2.12. The van der Waals surface area contributed by atoms with E-state index in [9.17, 15) is 9.59 Å². The molecule has 0 aliphatic carbocycles. The normalized spacial score (nSPS) is 9.42. The molecule has 0 aliphatic rings. The molecule has 5 heteroatoms. The van der Waals surface area contributed by atoms with Gasteiger partial charge in [0.25, 0.3) is 0 Å². The molecule has 3 amide bonds. The third-order valence-corrected chi connectivity index (χ3v) is 3.17. The zero-order valence-corrected chi connectivity index (χ0v) is 13.6. The Hall–Kier alpha value is -3.26. The van der Waals surface area contributed by atoms with Gasteiger partial charge in [-0.05, 0) is 42.8 Å². The summed E-state index contributed by atoms with van der Waals surface area (Å²) in [5, 5.41) is 8.15. The number of carbonyl (C=O) groups is 2. The van der Waals surface area contributed by atoms with Crippen LogP contribution in [0.3, 0.4) is 0 Å². The number of rotatable bonds is 3. The number of carbonyl (C=O) groups excluding carboxylic acids is 2. The van der Waals surface area contributed by atoms with Crippen molar-refractivity contribution in [2.75, 3.05) is 17.2 Å². The van der Waals surface area contributed by atoms with Crippen LogP contribution in [0.5, 0.6) is 0 Å². The molecule has 0 radical (unpaired) electrons. The third-order valence-electron chi connectivity index (χ3n) is 3.17. The van der Waals surface area contributed by atoms with Crippen molar-refractivity contribution in [1.82, 2.24) is 5.32 Å². The number of anilines is 2. The van der Waals surface area contributed by atoms with E-state index in [4.69, 9.17) is 0 Å². The molecule has 24 heavy (non-hydrogen) atoms. The molecule has 0 aromatic heterocycles. The van der Waals surface area contributed by atoms with E-state index in [2.05, 4.69) is 27.8 Å². The summed E-state index contributed by atoms with van der Waals surface area (Å²) in [6.45, 7) is 3.63. The Labute approximate surface area is 141 Å². The van der Waals surface area contributed by atoms with Crippen LogP contribution in [0.4, 0.5) is 16.2 Å². The second-order valence-electron chi connectivity index (χ2n) is 5.18. The number of benzene rings is 2. The van der Waals surface area contributed by atoms with Crippen LogP contribution >= 0.6 is 0 Å². The molecule has 0 heterocycles. The molecule has 0 aliphatic heterocycles. The van der Waals surface area contributed by atoms with E-state index in [1.165, 1.54) is 6.92 Å². The van der Waals surface area contributed by atoms with Crippen LogP contribution in [-0.2, 0) is 4.79 Å². The quantitative estimate of drug-likeness (QED) is 0.760. The maximum atomic E-state index is 11.8. The zero-order valence-electron chi connectivity index (χ0n) is 13.6. The molecule has 0 atom stereocenters. The predicted molar refractivity (Wildman–Crippen MR) is 95.8 cm³/mol. The number of urea groups is 1. The fourth-order valence-electron chi connectivity index (χ4n) is 1.99. The molecule has 2 aromatic carbocycles. The minimum absolute atomic E-state index is 0.113. The van der Waals surface area contributed by atoms with Gasteiger partial charge < -0.3 is 16.0 Å². The fourth-order valence-corrected chi connectivity index (χ4v) is 1.99. The van der Waals surface area contributed by atoms with Crippen molar-refractivity contribution in [2.45, 2.75) is 13.8 Å². The van der Waals surface area contributed by atoms with Crippen LogP contribution in [0, 0.1) is 18.8 Å². The van der Waals surface area contributed by atoms with Gasteiger partial charge in [-0.25, -0.2) is 4.79 Å². The maximum absolute atomic E-state index is 11.8. The van der Waals surface area contributed by atoms with E-state index in [1.54, 1.807) is 12.1 Å². The van der Waals surface area contributed by atoms with Gasteiger partial charge in [0.2, 0.25) is 5.91 Å². The van der Waals surface area contributed by atoms with Crippen molar-refractivity contribution in [3.8, 4) is 11.8 Å². The van der Waals surface area contributed by atoms with Gasteiger partial charge in [-0.15, -0.1) is 0 Å². The topological polar surface area (TPSA) is 70.2 Å². The summed E-state index contributed by atoms with van der Waals surface area (Å²) in [4.78, 5) is 22.7. The minimum Gasteiger partial charge on any atom is -0.327 e. The highest BCUT2D eigenvalue weighted by Gasteiger charge is 2.01. The van der Waals surface area contributed by atoms with Gasteiger partial charge in [0.1, 0.15) is 0 Å². The smallest absolute Gasteiger partial charge is 0.320 e. The van der Waals surface area contributed by atoms with E-state index in [0.29, 0.717) is 0 Å². The van der Waals surface area contributed by atoms with Crippen molar-refractivity contribution in [2.24, 2.45) is 0 Å². The first-order chi connectivity index (χ1) is 11.5. The molecular weight excluding hydrogens is 302 g/mol. The largest absolute Gasteiger partial charge is 0.327 e. The maximum Gasteiger partial charge on any atom is 0.320 e. The number of hydrogen-bond acceptors (Lipinski definition) is 2. The lowest BCUT2D eigenvalue weighted by Crippen LogP contribution is -2.29. The monoisotopic (exact) mass is 321 g/mol. The summed E-state index contributed by atoms with van der Waals surface area (Å²) in [5.41, 5.74) is 3.31. The summed E-state index contributed by atoms with van der Waals surface area (Å²) in [6.07, 6.45) is 0. The average molecular weight is 321 g/mol. The van der Waals surface area contributed by atoms with E-state index >= 15 is 0 Å². The Balaban J connectivity index is 1.82. The third kappa shape index (κ3) is 5.50. The predicted octanol–water partition coefficient (Wildman–Crippen LogP) is 3.13. The Morgan fingerprint density at radius 2 is 1.71 bits per heavy atom. The van der Waals surface area contributed by atoms with Gasteiger partial charge in [-0.1, -0.05) is 30.0 Å².